The minimum Gasteiger partial charge on any atom is -0.481 e. The lowest BCUT2D eigenvalue weighted by Crippen LogP contribution is -2.53. The van der Waals surface area contributed by atoms with Gasteiger partial charge in [0, 0.05) is 37.4 Å². The molecule has 2 N–H and O–H groups in total. The Balaban J connectivity index is 1.27. The summed E-state index contributed by atoms with van der Waals surface area (Å²) in [5, 5.41) is 10.2. The molecule has 0 bridgehead atoms. The molecule has 1 aromatic heterocycles. The summed E-state index contributed by atoms with van der Waals surface area (Å²) in [6.07, 6.45) is 3.02. The molecule has 2 fully saturated rings. The molecule has 2 aromatic carbocycles. The Labute approximate surface area is 258 Å². The van der Waals surface area contributed by atoms with Crippen LogP contribution in [0.5, 0.6) is 0 Å². The molecule has 9 nitrogen and oxygen atoms in total. The molecule has 1 saturated carbocycles. The average Bonchev–Trinajstić information content (AvgIpc) is 3.25. The summed E-state index contributed by atoms with van der Waals surface area (Å²) in [6.45, 7) is 5.95. The van der Waals surface area contributed by atoms with Crippen molar-refractivity contribution in [2.45, 2.75) is 69.4 Å². The lowest BCUT2D eigenvalue weighted by Gasteiger charge is -2.41. The number of rotatable bonds is 9. The molecule has 5 rings (SSSR count). The molecule has 2 aliphatic rings. The summed E-state index contributed by atoms with van der Waals surface area (Å²) < 4.78 is 37.3. The minimum atomic E-state index is -3.80. The molecule has 232 valence electrons. The molecular weight excluding hydrogens is 590 g/mol. The molecule has 3 aromatic rings. The van der Waals surface area contributed by atoms with Crippen LogP contribution >= 0.6 is 11.6 Å². The van der Waals surface area contributed by atoms with Crippen LogP contribution in [0.1, 0.15) is 51.5 Å². The van der Waals surface area contributed by atoms with Crippen LogP contribution in [-0.2, 0) is 37.8 Å². The second-order valence-electron chi connectivity index (χ2n) is 12.1. The number of aryl methyl sites for hydroxylation is 2. The van der Waals surface area contributed by atoms with Crippen molar-refractivity contribution in [1.29, 1.82) is 0 Å². The second-order valence-corrected chi connectivity index (χ2v) is 14.2. The van der Waals surface area contributed by atoms with Crippen molar-refractivity contribution in [3.63, 3.8) is 0 Å². The molecule has 11 heteroatoms. The quantitative estimate of drug-likeness (QED) is 0.334. The summed E-state index contributed by atoms with van der Waals surface area (Å²) in [7, 11) is -1.95. The fourth-order valence-electron chi connectivity index (χ4n) is 6.37. The number of morpholine rings is 1. The third-order valence-electron chi connectivity index (χ3n) is 8.89. The predicted molar refractivity (Wildman–Crippen MR) is 167 cm³/mol. The van der Waals surface area contributed by atoms with Crippen molar-refractivity contribution in [1.82, 2.24) is 14.2 Å². The number of hydrogen-bond acceptors (Lipinski definition) is 5. The predicted octanol–water partition coefficient (Wildman–Crippen LogP) is 5.24. The van der Waals surface area contributed by atoms with Crippen LogP contribution in [0.2, 0.25) is 5.02 Å². The minimum absolute atomic E-state index is 0.0617. The first kappa shape index (κ1) is 31.5. The van der Waals surface area contributed by atoms with Crippen LogP contribution in [-0.4, -0.2) is 66.7 Å². The maximum absolute atomic E-state index is 13.5. The zero-order valence-electron chi connectivity index (χ0n) is 24.9. The zero-order chi connectivity index (χ0) is 30.9. The van der Waals surface area contributed by atoms with Crippen LogP contribution in [0.15, 0.2) is 47.4 Å². The highest BCUT2D eigenvalue weighted by molar-refractivity contribution is 7.89. The maximum atomic E-state index is 13.5. The lowest BCUT2D eigenvalue weighted by molar-refractivity contribution is -0.147. The molecule has 1 atom stereocenters. The van der Waals surface area contributed by atoms with Gasteiger partial charge in [-0.25, -0.2) is 13.1 Å². The Bertz CT molecular complexity index is 1590. The molecule has 0 unspecified atom stereocenters. The molecule has 1 amide bonds. The van der Waals surface area contributed by atoms with Gasteiger partial charge in [0.15, 0.2) is 0 Å². The number of amides is 1. The number of sulfonamides is 1. The first-order valence-electron chi connectivity index (χ1n) is 15.0. The van der Waals surface area contributed by atoms with E-state index >= 15 is 0 Å². The highest BCUT2D eigenvalue weighted by Gasteiger charge is 2.36. The largest absolute Gasteiger partial charge is 0.481 e. The van der Waals surface area contributed by atoms with Gasteiger partial charge in [-0.15, -0.1) is 0 Å². The normalized spacial score (nSPS) is 21.4. The van der Waals surface area contributed by atoms with E-state index < -0.39 is 16.0 Å². The van der Waals surface area contributed by atoms with Gasteiger partial charge in [-0.1, -0.05) is 49.7 Å². The number of aliphatic carboxylic acids is 1. The van der Waals surface area contributed by atoms with E-state index in [4.69, 9.17) is 21.4 Å². The summed E-state index contributed by atoms with van der Waals surface area (Å²) in [6, 6.07) is 12.4. The Morgan fingerprint density at radius 2 is 1.79 bits per heavy atom. The number of carboxylic acid groups (broad SMARTS) is 1. The first-order valence-corrected chi connectivity index (χ1v) is 16.8. The van der Waals surface area contributed by atoms with Crippen molar-refractivity contribution >= 4 is 44.4 Å². The maximum Gasteiger partial charge on any atom is 0.303 e. The van der Waals surface area contributed by atoms with Crippen LogP contribution in [0.3, 0.4) is 0 Å². The fraction of sp³-hybridized carbons (Fsp3) is 0.500. The van der Waals surface area contributed by atoms with E-state index in [0.29, 0.717) is 68.3 Å². The zero-order valence-corrected chi connectivity index (χ0v) is 26.5. The van der Waals surface area contributed by atoms with Gasteiger partial charge in [-0.3, -0.25) is 9.59 Å². The third kappa shape index (κ3) is 6.77. The molecule has 2 heterocycles. The number of benzene rings is 2. The Hall–Kier alpha value is -2.92. The van der Waals surface area contributed by atoms with E-state index in [-0.39, 0.29) is 35.2 Å². The fourth-order valence-corrected chi connectivity index (χ4v) is 8.09. The van der Waals surface area contributed by atoms with Gasteiger partial charge in [-0.2, -0.15) is 0 Å². The molecule has 0 radical (unpaired) electrons. The highest BCUT2D eigenvalue weighted by Crippen LogP contribution is 2.38. The summed E-state index contributed by atoms with van der Waals surface area (Å²) in [5.41, 5.74) is 3.22. The smallest absolute Gasteiger partial charge is 0.303 e. The van der Waals surface area contributed by atoms with E-state index in [9.17, 15) is 18.0 Å². The monoisotopic (exact) mass is 629 g/mol. The molecule has 43 heavy (non-hydrogen) atoms. The van der Waals surface area contributed by atoms with Crippen molar-refractivity contribution in [2.24, 2.45) is 18.9 Å². The van der Waals surface area contributed by atoms with Gasteiger partial charge >= 0.3 is 5.97 Å². The van der Waals surface area contributed by atoms with Crippen molar-refractivity contribution < 1.29 is 27.9 Å². The molecule has 1 aliphatic heterocycles. The number of hydrogen-bond donors (Lipinski definition) is 2. The Morgan fingerprint density at radius 3 is 2.44 bits per heavy atom. The number of carboxylic acids is 1. The van der Waals surface area contributed by atoms with E-state index in [1.165, 1.54) is 0 Å². The number of nitrogens with one attached hydrogen (secondary N) is 1. The van der Waals surface area contributed by atoms with Gasteiger partial charge < -0.3 is 19.3 Å². The standard InChI is InChI=1S/C32H40ClN3O6S/c1-20(2)28-19-42-17-16-36(28)32(39)23-9-11-24(12-10-23)34-43(40,41)25-13-14-26-27(18-25)35(3)31(30(26)33)22-7-4-21(5-8-22)6-15-29(37)38/h4-5,7-8,13-14,18,20,23-24,28,34H,6,9-12,15-17,19H2,1-3H3,(H,37,38)/t23?,24?,28-/m1/s1. The van der Waals surface area contributed by atoms with E-state index in [1.54, 1.807) is 18.2 Å². The summed E-state index contributed by atoms with van der Waals surface area (Å²) >= 11 is 6.78. The van der Waals surface area contributed by atoms with Gasteiger partial charge in [0.25, 0.3) is 0 Å². The number of aromatic nitrogens is 1. The van der Waals surface area contributed by atoms with Crippen molar-refractivity contribution in [3.05, 3.63) is 53.1 Å². The van der Waals surface area contributed by atoms with Crippen molar-refractivity contribution in [2.75, 3.05) is 19.8 Å². The Kier molecular flexibility index (Phi) is 9.51. The number of carbonyl (C=O) groups is 2. The molecular formula is C32H40ClN3O6S. The van der Waals surface area contributed by atoms with Crippen LogP contribution in [0.4, 0.5) is 0 Å². The van der Waals surface area contributed by atoms with E-state index in [2.05, 4.69) is 18.6 Å². The number of halogens is 1. The highest BCUT2D eigenvalue weighted by atomic mass is 35.5. The third-order valence-corrected chi connectivity index (χ3v) is 10.8. The van der Waals surface area contributed by atoms with Gasteiger partial charge in [0.2, 0.25) is 15.9 Å². The second kappa shape index (κ2) is 13.0. The van der Waals surface area contributed by atoms with Gasteiger partial charge in [-0.05, 0) is 67.3 Å². The van der Waals surface area contributed by atoms with Gasteiger partial charge in [0.05, 0.1) is 40.4 Å². The molecule has 1 aliphatic carbocycles. The SMILES string of the molecule is CC(C)[C@H]1COCCN1C(=O)C1CCC(NS(=O)(=O)c2ccc3c(Cl)c(-c4ccc(CCC(=O)O)cc4)n(C)c3c2)CC1. The van der Waals surface area contributed by atoms with Crippen molar-refractivity contribution in [3.8, 4) is 11.3 Å². The Morgan fingerprint density at radius 1 is 1.09 bits per heavy atom. The van der Waals surface area contributed by atoms with Crippen LogP contribution in [0, 0.1) is 11.8 Å². The summed E-state index contributed by atoms with van der Waals surface area (Å²) in [5.74, 6) is -0.449. The summed E-state index contributed by atoms with van der Waals surface area (Å²) in [4.78, 5) is 26.4. The van der Waals surface area contributed by atoms with E-state index in [1.807, 2.05) is 40.8 Å². The molecule has 0 spiro atoms. The number of carbonyl (C=O) groups excluding carboxylic acids is 1. The first-order chi connectivity index (χ1) is 20.5. The van der Waals surface area contributed by atoms with Crippen LogP contribution in [0.25, 0.3) is 22.2 Å². The number of ether oxygens (including phenoxy) is 1. The average molecular weight is 630 g/mol. The number of nitrogens with zero attached hydrogens (tertiary/aromatic N) is 2. The van der Waals surface area contributed by atoms with Gasteiger partial charge in [0.1, 0.15) is 0 Å². The lowest BCUT2D eigenvalue weighted by atomic mass is 9.85. The topological polar surface area (TPSA) is 118 Å². The van der Waals surface area contributed by atoms with E-state index in [0.717, 1.165) is 22.2 Å². The van der Waals surface area contributed by atoms with Crippen LogP contribution < -0.4 is 4.72 Å². The molecule has 1 saturated heterocycles. The number of fused-ring (bicyclic) bond motifs is 1.